The molecule has 0 aliphatic carbocycles. The molecule has 2 atom stereocenters. The summed E-state index contributed by atoms with van der Waals surface area (Å²) in [5.41, 5.74) is 0.681. The molecule has 128 valence electrons. The van der Waals surface area contributed by atoms with Crippen LogP contribution in [-0.2, 0) is 6.54 Å². The average Bonchev–Trinajstić information content (AvgIpc) is 3.07. The maximum Gasteiger partial charge on any atom is 0.315 e. The number of benzene rings is 1. The number of rotatable bonds is 5. The second-order valence-corrected chi connectivity index (χ2v) is 6.04. The van der Waals surface area contributed by atoms with E-state index in [-0.39, 0.29) is 23.7 Å². The number of hydrogen-bond acceptors (Lipinski definition) is 3. The first-order chi connectivity index (χ1) is 11.6. The molecule has 2 aromatic rings. The van der Waals surface area contributed by atoms with Gasteiger partial charge in [-0.3, -0.25) is 4.68 Å². The summed E-state index contributed by atoms with van der Waals surface area (Å²) in [5, 5.41) is 9.91. The third-order valence-electron chi connectivity index (χ3n) is 4.00. The Morgan fingerprint density at radius 3 is 3.17 bits per heavy atom. The number of carbonyl (C=O) groups is 1. The zero-order chi connectivity index (χ0) is 16.9. The van der Waals surface area contributed by atoms with Crippen molar-refractivity contribution in [2.45, 2.75) is 25.9 Å². The van der Waals surface area contributed by atoms with Crippen LogP contribution in [0.5, 0.6) is 5.75 Å². The van der Waals surface area contributed by atoms with Gasteiger partial charge in [-0.25, -0.2) is 9.18 Å². The molecule has 0 spiro atoms. The molecule has 3 rings (SSSR count). The van der Waals surface area contributed by atoms with Crippen LogP contribution in [0, 0.1) is 11.7 Å². The van der Waals surface area contributed by atoms with Gasteiger partial charge in [0, 0.05) is 37.5 Å². The number of amides is 2. The van der Waals surface area contributed by atoms with Gasteiger partial charge in [-0.05, 0) is 18.1 Å². The highest BCUT2D eigenvalue weighted by molar-refractivity contribution is 5.74. The number of fused-ring (bicyclic) bond motifs is 1. The van der Waals surface area contributed by atoms with Crippen molar-refractivity contribution in [2.24, 2.45) is 5.92 Å². The molecule has 7 heteroatoms. The standard InChI is InChI=1S/C17H21FN4O2/c1-12(11-22-8-3-7-20-22)10-19-17(23)21-15-6-9-24-16-13(15)4-2-5-14(16)18/h2-5,7-8,12,15H,6,9-11H2,1H3,(H2,19,21,23)/t12-,15-/m0/s1. The van der Waals surface area contributed by atoms with E-state index in [1.807, 2.05) is 23.9 Å². The number of nitrogens with one attached hydrogen (secondary N) is 2. The fraction of sp³-hybridized carbons (Fsp3) is 0.412. The summed E-state index contributed by atoms with van der Waals surface area (Å²) in [7, 11) is 0. The zero-order valence-electron chi connectivity index (χ0n) is 13.5. The van der Waals surface area contributed by atoms with Gasteiger partial charge in [-0.2, -0.15) is 5.10 Å². The largest absolute Gasteiger partial charge is 0.490 e. The smallest absolute Gasteiger partial charge is 0.315 e. The maximum absolute atomic E-state index is 13.8. The number of carbonyl (C=O) groups excluding carboxylic acids is 1. The van der Waals surface area contributed by atoms with Crippen molar-refractivity contribution in [1.29, 1.82) is 0 Å². The van der Waals surface area contributed by atoms with Gasteiger partial charge in [-0.15, -0.1) is 0 Å². The molecule has 2 N–H and O–H groups in total. The van der Waals surface area contributed by atoms with Crippen LogP contribution in [-0.4, -0.2) is 29.0 Å². The summed E-state index contributed by atoms with van der Waals surface area (Å²) in [6.45, 7) is 3.69. The van der Waals surface area contributed by atoms with Crippen LogP contribution in [0.3, 0.4) is 0 Å². The van der Waals surface area contributed by atoms with Gasteiger partial charge in [0.15, 0.2) is 11.6 Å². The minimum atomic E-state index is -0.396. The van der Waals surface area contributed by atoms with E-state index in [1.165, 1.54) is 6.07 Å². The molecule has 0 saturated heterocycles. The third-order valence-corrected chi connectivity index (χ3v) is 4.00. The summed E-state index contributed by atoms with van der Waals surface area (Å²) in [4.78, 5) is 12.1. The van der Waals surface area contributed by atoms with Crippen molar-refractivity contribution in [3.8, 4) is 5.75 Å². The Morgan fingerprint density at radius 2 is 2.38 bits per heavy atom. The second kappa shape index (κ2) is 7.33. The van der Waals surface area contributed by atoms with Gasteiger partial charge < -0.3 is 15.4 Å². The minimum Gasteiger partial charge on any atom is -0.490 e. The Hall–Kier alpha value is -2.57. The highest BCUT2D eigenvalue weighted by atomic mass is 19.1. The lowest BCUT2D eigenvalue weighted by Crippen LogP contribution is -2.41. The molecular formula is C17H21FN4O2. The fourth-order valence-electron chi connectivity index (χ4n) is 2.80. The number of ether oxygens (including phenoxy) is 1. The van der Waals surface area contributed by atoms with E-state index >= 15 is 0 Å². The average molecular weight is 332 g/mol. The van der Waals surface area contributed by atoms with Gasteiger partial charge in [0.25, 0.3) is 0 Å². The topological polar surface area (TPSA) is 68.2 Å². The van der Waals surface area contributed by atoms with Crippen LogP contribution in [0.1, 0.15) is 24.9 Å². The molecule has 2 heterocycles. The number of halogens is 1. The highest BCUT2D eigenvalue weighted by Crippen LogP contribution is 2.33. The normalized spacial score (nSPS) is 17.5. The van der Waals surface area contributed by atoms with Crippen molar-refractivity contribution < 1.29 is 13.9 Å². The van der Waals surface area contributed by atoms with Gasteiger partial charge in [0.2, 0.25) is 0 Å². The molecule has 0 saturated carbocycles. The van der Waals surface area contributed by atoms with Gasteiger partial charge in [0.1, 0.15) is 0 Å². The third kappa shape index (κ3) is 3.84. The molecule has 1 aromatic carbocycles. The Labute approximate surface area is 140 Å². The lowest BCUT2D eigenvalue weighted by Gasteiger charge is -2.27. The number of aromatic nitrogens is 2. The molecule has 0 unspecified atom stereocenters. The minimum absolute atomic E-state index is 0.237. The van der Waals surface area contributed by atoms with Crippen molar-refractivity contribution >= 4 is 6.03 Å². The predicted molar refractivity (Wildman–Crippen MR) is 87.2 cm³/mol. The molecule has 2 amide bonds. The highest BCUT2D eigenvalue weighted by Gasteiger charge is 2.25. The number of nitrogens with zero attached hydrogens (tertiary/aromatic N) is 2. The van der Waals surface area contributed by atoms with E-state index < -0.39 is 5.82 Å². The molecule has 1 aromatic heterocycles. The number of para-hydroxylation sites is 1. The summed E-state index contributed by atoms with van der Waals surface area (Å²) >= 11 is 0. The molecule has 24 heavy (non-hydrogen) atoms. The SMILES string of the molecule is C[C@@H](CNC(=O)N[C@H]1CCOc2c(F)cccc21)Cn1cccn1. The van der Waals surface area contributed by atoms with E-state index in [2.05, 4.69) is 15.7 Å². The van der Waals surface area contributed by atoms with Gasteiger partial charge in [-0.1, -0.05) is 19.1 Å². The summed E-state index contributed by atoms with van der Waals surface area (Å²) < 4.78 is 21.0. The van der Waals surface area contributed by atoms with E-state index in [0.29, 0.717) is 25.1 Å². The monoisotopic (exact) mass is 332 g/mol. The Balaban J connectivity index is 1.52. The summed E-state index contributed by atoms with van der Waals surface area (Å²) in [6.07, 6.45) is 4.24. The first-order valence-corrected chi connectivity index (χ1v) is 8.06. The fourth-order valence-corrected chi connectivity index (χ4v) is 2.80. The first kappa shape index (κ1) is 16.3. The Kier molecular flexibility index (Phi) is 4.98. The van der Waals surface area contributed by atoms with Crippen LogP contribution in [0.25, 0.3) is 0 Å². The van der Waals surface area contributed by atoms with E-state index in [4.69, 9.17) is 4.74 Å². The van der Waals surface area contributed by atoms with Gasteiger partial charge >= 0.3 is 6.03 Å². The Morgan fingerprint density at radius 1 is 1.50 bits per heavy atom. The second-order valence-electron chi connectivity index (χ2n) is 6.04. The molecule has 1 aliphatic rings. The molecule has 0 radical (unpaired) electrons. The lowest BCUT2D eigenvalue weighted by molar-refractivity contribution is 0.218. The predicted octanol–water partition coefficient (Wildman–Crippen LogP) is 2.48. The van der Waals surface area contributed by atoms with Crippen LogP contribution < -0.4 is 15.4 Å². The van der Waals surface area contributed by atoms with Crippen LogP contribution in [0.15, 0.2) is 36.7 Å². The summed E-state index contributed by atoms with van der Waals surface area (Å²) in [5.74, 6) is 0.0865. The van der Waals surface area contributed by atoms with Crippen LogP contribution in [0.2, 0.25) is 0 Å². The van der Waals surface area contributed by atoms with Crippen molar-refractivity contribution in [1.82, 2.24) is 20.4 Å². The molecule has 6 nitrogen and oxygen atoms in total. The van der Waals surface area contributed by atoms with Crippen molar-refractivity contribution in [2.75, 3.05) is 13.2 Å². The molecular weight excluding hydrogens is 311 g/mol. The van der Waals surface area contributed by atoms with Crippen LogP contribution >= 0.6 is 0 Å². The maximum atomic E-state index is 13.8. The zero-order valence-corrected chi connectivity index (χ0v) is 13.5. The lowest BCUT2D eigenvalue weighted by atomic mass is 10.0. The Bertz CT molecular complexity index is 690. The molecule has 0 bridgehead atoms. The van der Waals surface area contributed by atoms with E-state index in [0.717, 1.165) is 6.54 Å². The van der Waals surface area contributed by atoms with E-state index in [9.17, 15) is 9.18 Å². The number of hydrogen-bond donors (Lipinski definition) is 2. The summed E-state index contributed by atoms with van der Waals surface area (Å²) in [6, 6.07) is 6.13. The molecule has 1 aliphatic heterocycles. The quantitative estimate of drug-likeness (QED) is 0.884. The van der Waals surface area contributed by atoms with Crippen molar-refractivity contribution in [3.63, 3.8) is 0 Å². The molecule has 0 fully saturated rings. The first-order valence-electron chi connectivity index (χ1n) is 8.06. The van der Waals surface area contributed by atoms with Gasteiger partial charge in [0.05, 0.1) is 12.6 Å². The van der Waals surface area contributed by atoms with Crippen LogP contribution in [0.4, 0.5) is 9.18 Å². The van der Waals surface area contributed by atoms with E-state index in [1.54, 1.807) is 18.3 Å². The number of urea groups is 1. The van der Waals surface area contributed by atoms with Crippen molar-refractivity contribution in [3.05, 3.63) is 48.0 Å².